The molecular weight excluding hydrogens is 180 g/mol. The third-order valence-electron chi connectivity index (χ3n) is 2.04. The zero-order valence-corrected chi connectivity index (χ0v) is 7.98. The monoisotopic (exact) mass is 190 g/mol. The molecule has 0 unspecified atom stereocenters. The first-order chi connectivity index (χ1) is 6.68. The lowest BCUT2D eigenvalue weighted by molar-refractivity contribution is 0.393. The van der Waals surface area contributed by atoms with E-state index in [0.717, 1.165) is 22.7 Å². The van der Waals surface area contributed by atoms with E-state index >= 15 is 0 Å². The van der Waals surface area contributed by atoms with Crippen LogP contribution in [0.5, 0.6) is 5.75 Å². The Morgan fingerprint density at radius 3 is 2.57 bits per heavy atom. The number of pyridine rings is 1. The van der Waals surface area contributed by atoms with Crippen LogP contribution in [0.3, 0.4) is 0 Å². The van der Waals surface area contributed by atoms with Crippen molar-refractivity contribution in [2.24, 2.45) is 0 Å². The summed E-state index contributed by atoms with van der Waals surface area (Å²) < 4.78 is 5.03. The van der Waals surface area contributed by atoms with Crippen molar-refractivity contribution in [3.05, 3.63) is 29.8 Å². The third kappa shape index (κ3) is 1.35. The van der Waals surface area contributed by atoms with E-state index in [1.807, 2.05) is 13.8 Å². The molecule has 14 heavy (non-hydrogen) atoms. The van der Waals surface area contributed by atoms with E-state index in [1.165, 1.54) is 6.20 Å². The SMILES string of the molecule is Cc1noc(C)c1-c1ccc(O)cn1. The van der Waals surface area contributed by atoms with Gasteiger partial charge in [0, 0.05) is 0 Å². The van der Waals surface area contributed by atoms with Crippen molar-refractivity contribution in [3.63, 3.8) is 0 Å². The predicted molar refractivity (Wildman–Crippen MR) is 50.9 cm³/mol. The number of hydrogen-bond donors (Lipinski definition) is 1. The fraction of sp³-hybridized carbons (Fsp3) is 0.200. The molecule has 0 radical (unpaired) electrons. The molecule has 0 aromatic carbocycles. The lowest BCUT2D eigenvalue weighted by Gasteiger charge is -1.98. The van der Waals surface area contributed by atoms with Crippen LogP contribution in [0.25, 0.3) is 11.3 Å². The van der Waals surface area contributed by atoms with E-state index in [0.29, 0.717) is 0 Å². The van der Waals surface area contributed by atoms with Crippen LogP contribution >= 0.6 is 0 Å². The van der Waals surface area contributed by atoms with Gasteiger partial charge in [0.25, 0.3) is 0 Å². The second-order valence-electron chi connectivity index (χ2n) is 3.10. The van der Waals surface area contributed by atoms with Gasteiger partial charge < -0.3 is 9.63 Å². The van der Waals surface area contributed by atoms with E-state index < -0.39 is 0 Å². The van der Waals surface area contributed by atoms with Gasteiger partial charge in [-0.25, -0.2) is 0 Å². The molecule has 4 nitrogen and oxygen atoms in total. The highest BCUT2D eigenvalue weighted by molar-refractivity contribution is 5.63. The van der Waals surface area contributed by atoms with Crippen molar-refractivity contribution in [2.75, 3.05) is 0 Å². The lowest BCUT2D eigenvalue weighted by atomic mass is 10.1. The second kappa shape index (κ2) is 3.14. The maximum Gasteiger partial charge on any atom is 0.143 e. The molecule has 2 heterocycles. The van der Waals surface area contributed by atoms with Gasteiger partial charge in [-0.3, -0.25) is 4.98 Å². The summed E-state index contributed by atoms with van der Waals surface area (Å²) in [5.74, 6) is 0.890. The molecule has 0 amide bonds. The number of aromatic hydroxyl groups is 1. The summed E-state index contributed by atoms with van der Waals surface area (Å²) in [5, 5.41) is 12.9. The van der Waals surface area contributed by atoms with Crippen LogP contribution in [0.1, 0.15) is 11.5 Å². The lowest BCUT2D eigenvalue weighted by Crippen LogP contribution is -1.85. The molecular formula is C10H10N2O2. The van der Waals surface area contributed by atoms with Crippen LogP contribution in [-0.4, -0.2) is 15.2 Å². The number of aryl methyl sites for hydroxylation is 2. The molecule has 0 spiro atoms. The first-order valence-corrected chi connectivity index (χ1v) is 4.27. The van der Waals surface area contributed by atoms with Gasteiger partial charge in [-0.1, -0.05) is 5.16 Å². The first-order valence-electron chi connectivity index (χ1n) is 4.27. The molecule has 0 aliphatic carbocycles. The number of hydrogen-bond acceptors (Lipinski definition) is 4. The summed E-state index contributed by atoms with van der Waals surface area (Å²) in [5.41, 5.74) is 2.46. The Balaban J connectivity index is 2.54. The van der Waals surface area contributed by atoms with Crippen molar-refractivity contribution < 1.29 is 9.63 Å². The Hall–Kier alpha value is -1.84. The van der Waals surface area contributed by atoms with Gasteiger partial charge in [0.2, 0.25) is 0 Å². The molecule has 0 aliphatic heterocycles. The van der Waals surface area contributed by atoms with Crippen molar-refractivity contribution in [2.45, 2.75) is 13.8 Å². The Morgan fingerprint density at radius 1 is 1.29 bits per heavy atom. The molecule has 0 fully saturated rings. The number of aromatic nitrogens is 2. The van der Waals surface area contributed by atoms with E-state index in [4.69, 9.17) is 9.63 Å². The van der Waals surface area contributed by atoms with Crippen molar-refractivity contribution in [1.82, 2.24) is 10.1 Å². The molecule has 0 bridgehead atoms. The predicted octanol–water partition coefficient (Wildman–Crippen LogP) is 2.06. The molecule has 1 N–H and O–H groups in total. The van der Waals surface area contributed by atoms with Crippen molar-refractivity contribution >= 4 is 0 Å². The maximum atomic E-state index is 9.09. The Morgan fingerprint density at radius 2 is 2.07 bits per heavy atom. The van der Waals surface area contributed by atoms with Crippen molar-refractivity contribution in [1.29, 1.82) is 0 Å². The zero-order chi connectivity index (χ0) is 10.1. The van der Waals surface area contributed by atoms with Crippen molar-refractivity contribution in [3.8, 4) is 17.0 Å². The highest BCUT2D eigenvalue weighted by Gasteiger charge is 2.11. The minimum absolute atomic E-state index is 0.153. The summed E-state index contributed by atoms with van der Waals surface area (Å²) in [6.07, 6.45) is 1.40. The summed E-state index contributed by atoms with van der Waals surface area (Å²) >= 11 is 0. The quantitative estimate of drug-likeness (QED) is 0.747. The molecule has 4 heteroatoms. The highest BCUT2D eigenvalue weighted by atomic mass is 16.5. The molecule has 0 atom stereocenters. The van der Waals surface area contributed by atoms with Gasteiger partial charge in [-0.05, 0) is 26.0 Å². The van der Waals surface area contributed by atoms with Gasteiger partial charge in [0.15, 0.2) is 0 Å². The summed E-state index contributed by atoms with van der Waals surface area (Å²) in [6, 6.07) is 3.33. The molecule has 2 aromatic heterocycles. The molecule has 0 aliphatic rings. The first kappa shape index (κ1) is 8.74. The molecule has 0 saturated heterocycles. The minimum atomic E-state index is 0.153. The molecule has 0 saturated carbocycles. The normalized spacial score (nSPS) is 10.4. The Kier molecular flexibility index (Phi) is 1.96. The van der Waals surface area contributed by atoms with Crippen LogP contribution in [0.15, 0.2) is 22.9 Å². The summed E-state index contributed by atoms with van der Waals surface area (Å²) in [4.78, 5) is 4.09. The van der Waals surface area contributed by atoms with E-state index in [-0.39, 0.29) is 5.75 Å². The van der Waals surface area contributed by atoms with Gasteiger partial charge >= 0.3 is 0 Å². The third-order valence-corrected chi connectivity index (χ3v) is 2.04. The number of rotatable bonds is 1. The Labute approximate surface area is 81.2 Å². The summed E-state index contributed by atoms with van der Waals surface area (Å²) in [6.45, 7) is 3.70. The fourth-order valence-electron chi connectivity index (χ4n) is 1.38. The Bertz CT molecular complexity index is 426. The average Bonchev–Trinajstić information content (AvgIpc) is 2.49. The minimum Gasteiger partial charge on any atom is -0.506 e. The largest absolute Gasteiger partial charge is 0.506 e. The average molecular weight is 190 g/mol. The molecule has 2 aromatic rings. The summed E-state index contributed by atoms with van der Waals surface area (Å²) in [7, 11) is 0. The molecule has 72 valence electrons. The van der Waals surface area contributed by atoms with Crippen LogP contribution in [0.4, 0.5) is 0 Å². The highest BCUT2D eigenvalue weighted by Crippen LogP contribution is 2.25. The molecule has 2 rings (SSSR count). The van der Waals surface area contributed by atoms with Gasteiger partial charge in [0.05, 0.1) is 23.1 Å². The van der Waals surface area contributed by atoms with E-state index in [1.54, 1.807) is 12.1 Å². The van der Waals surface area contributed by atoms with Gasteiger partial charge in [-0.15, -0.1) is 0 Å². The second-order valence-corrected chi connectivity index (χ2v) is 3.10. The fourth-order valence-corrected chi connectivity index (χ4v) is 1.38. The standard InChI is InChI=1S/C10H10N2O2/c1-6-10(7(2)14-12-6)9-4-3-8(13)5-11-9/h3-5,13H,1-2H3. The van der Waals surface area contributed by atoms with Crippen LogP contribution in [0.2, 0.25) is 0 Å². The van der Waals surface area contributed by atoms with E-state index in [9.17, 15) is 0 Å². The van der Waals surface area contributed by atoms with Gasteiger partial charge in [0.1, 0.15) is 11.5 Å². The maximum absolute atomic E-state index is 9.09. The van der Waals surface area contributed by atoms with E-state index in [2.05, 4.69) is 10.1 Å². The van der Waals surface area contributed by atoms with Crippen LogP contribution < -0.4 is 0 Å². The topological polar surface area (TPSA) is 59.2 Å². The van der Waals surface area contributed by atoms with Gasteiger partial charge in [-0.2, -0.15) is 0 Å². The van der Waals surface area contributed by atoms with Crippen LogP contribution in [-0.2, 0) is 0 Å². The van der Waals surface area contributed by atoms with Crippen LogP contribution in [0, 0.1) is 13.8 Å². The zero-order valence-electron chi connectivity index (χ0n) is 7.98. The number of nitrogens with zero attached hydrogens (tertiary/aromatic N) is 2. The smallest absolute Gasteiger partial charge is 0.143 e.